The number of pyridine rings is 1. The highest BCUT2D eigenvalue weighted by Gasteiger charge is 2.25. The summed E-state index contributed by atoms with van der Waals surface area (Å²) in [5.74, 6) is -0.518. The van der Waals surface area contributed by atoms with Crippen LogP contribution in [0.15, 0.2) is 114 Å². The number of hydrogen-bond acceptors (Lipinski definition) is 5. The molecule has 7 nitrogen and oxygen atoms in total. The summed E-state index contributed by atoms with van der Waals surface area (Å²) in [5, 5.41) is 14.7. The number of carbonyl (C=O) groups is 1. The number of aromatic nitrogens is 1. The maximum Gasteiger partial charge on any atom is 0.274 e. The second-order valence-corrected chi connectivity index (χ2v) is 12.6. The van der Waals surface area contributed by atoms with Crippen LogP contribution in [0.3, 0.4) is 0 Å². The number of hydrogen-bond donors (Lipinski definition) is 3. The smallest absolute Gasteiger partial charge is 0.274 e. The van der Waals surface area contributed by atoms with Gasteiger partial charge in [0.15, 0.2) is 0 Å². The van der Waals surface area contributed by atoms with E-state index in [4.69, 9.17) is 16.8 Å². The van der Waals surface area contributed by atoms with Gasteiger partial charge in [0.2, 0.25) is 10.0 Å². The monoisotopic (exact) mass is 609 g/mol. The predicted molar refractivity (Wildman–Crippen MR) is 170 cm³/mol. The molecule has 43 heavy (non-hydrogen) atoms. The first-order chi connectivity index (χ1) is 20.8. The quantitative estimate of drug-likeness (QED) is 0.115. The molecule has 1 aromatic heterocycles. The molecule has 0 aliphatic heterocycles. The van der Waals surface area contributed by atoms with E-state index < -0.39 is 15.9 Å². The molecule has 5 aromatic carbocycles. The fraction of sp³-hybridized carbons (Fsp3) is 0.118. The lowest BCUT2D eigenvalue weighted by Crippen LogP contribution is -2.38. The Morgan fingerprint density at radius 1 is 0.837 bits per heavy atom. The summed E-state index contributed by atoms with van der Waals surface area (Å²) < 4.78 is 28.5. The molecule has 1 atom stereocenters. The summed E-state index contributed by atoms with van der Waals surface area (Å²) in [6.45, 7) is 0. The van der Waals surface area contributed by atoms with Crippen molar-refractivity contribution in [2.75, 3.05) is 0 Å². The summed E-state index contributed by atoms with van der Waals surface area (Å²) in [6, 6.07) is 32.0. The molecule has 3 N–H and O–H groups in total. The van der Waals surface area contributed by atoms with Crippen LogP contribution in [-0.2, 0) is 22.9 Å². The third-order valence-corrected chi connectivity index (χ3v) is 9.55. The number of fused-ring (bicyclic) bond motifs is 6. The van der Waals surface area contributed by atoms with Crippen molar-refractivity contribution in [1.82, 2.24) is 15.2 Å². The summed E-state index contributed by atoms with van der Waals surface area (Å²) >= 11 is 5.89. The van der Waals surface area contributed by atoms with Crippen LogP contribution in [0, 0.1) is 0 Å². The molecule has 1 amide bonds. The molecule has 0 radical (unpaired) electrons. The van der Waals surface area contributed by atoms with E-state index in [2.05, 4.69) is 52.2 Å². The van der Waals surface area contributed by atoms with Crippen LogP contribution in [0.5, 0.6) is 0 Å². The van der Waals surface area contributed by atoms with Crippen LogP contribution in [0.1, 0.15) is 27.9 Å². The van der Waals surface area contributed by atoms with Crippen LogP contribution in [0.2, 0.25) is 5.02 Å². The van der Waals surface area contributed by atoms with Gasteiger partial charge in [-0.25, -0.2) is 18.6 Å². The van der Waals surface area contributed by atoms with E-state index in [-0.39, 0.29) is 10.9 Å². The molecule has 9 heteroatoms. The number of aryl methyl sites for hydroxylation is 1. The van der Waals surface area contributed by atoms with Gasteiger partial charge < -0.3 is 0 Å². The third-order valence-electron chi connectivity index (χ3n) is 7.76. The fourth-order valence-electron chi connectivity index (χ4n) is 5.63. The van der Waals surface area contributed by atoms with Crippen molar-refractivity contribution < 1.29 is 18.4 Å². The Kier molecular flexibility index (Phi) is 8.10. The predicted octanol–water partition coefficient (Wildman–Crippen LogP) is 6.84. The Morgan fingerprint density at radius 2 is 1.60 bits per heavy atom. The molecule has 0 bridgehead atoms. The van der Waals surface area contributed by atoms with Crippen molar-refractivity contribution in [3.8, 4) is 0 Å². The van der Waals surface area contributed by atoms with Gasteiger partial charge in [-0.3, -0.25) is 15.0 Å². The molecular formula is C34H28ClN3O4S. The van der Waals surface area contributed by atoms with Gasteiger partial charge >= 0.3 is 0 Å². The molecule has 0 saturated carbocycles. The highest BCUT2D eigenvalue weighted by Crippen LogP contribution is 2.33. The second-order valence-electron chi connectivity index (χ2n) is 10.5. The molecule has 0 saturated heterocycles. The molecule has 1 aliphatic carbocycles. The lowest BCUT2D eigenvalue weighted by atomic mass is 9.84. The van der Waals surface area contributed by atoms with Crippen LogP contribution in [0.25, 0.3) is 32.4 Å². The Hall–Kier alpha value is -4.34. The van der Waals surface area contributed by atoms with Crippen LogP contribution < -0.4 is 10.2 Å². The molecule has 7 rings (SSSR count). The average Bonchev–Trinajstić information content (AvgIpc) is 3.04. The highest BCUT2D eigenvalue weighted by molar-refractivity contribution is 7.89. The Morgan fingerprint density at radius 3 is 2.42 bits per heavy atom. The van der Waals surface area contributed by atoms with Gasteiger partial charge in [-0.2, -0.15) is 0 Å². The summed E-state index contributed by atoms with van der Waals surface area (Å²) in [4.78, 5) is 15.4. The van der Waals surface area contributed by atoms with Crippen LogP contribution in [-0.4, -0.2) is 30.6 Å². The van der Waals surface area contributed by atoms with E-state index in [1.165, 1.54) is 32.7 Å². The molecular weight excluding hydrogens is 582 g/mol. The zero-order valence-electron chi connectivity index (χ0n) is 23.0. The third kappa shape index (κ3) is 6.09. The van der Waals surface area contributed by atoms with Gasteiger partial charge in [-0.15, -0.1) is 0 Å². The van der Waals surface area contributed by atoms with Crippen molar-refractivity contribution in [3.63, 3.8) is 0 Å². The first kappa shape index (κ1) is 28.8. The largest absolute Gasteiger partial charge is 0.288 e. The normalized spacial score (nSPS) is 14.6. The molecule has 1 unspecified atom stereocenters. The molecule has 1 heterocycles. The van der Waals surface area contributed by atoms with E-state index in [1.807, 2.05) is 12.1 Å². The maximum absolute atomic E-state index is 12.8. The van der Waals surface area contributed by atoms with Crippen molar-refractivity contribution >= 4 is 60.0 Å². The molecule has 1 aliphatic rings. The van der Waals surface area contributed by atoms with Gasteiger partial charge in [-0.05, 0) is 100 Å². The van der Waals surface area contributed by atoms with E-state index in [9.17, 15) is 13.2 Å². The first-order valence-corrected chi connectivity index (χ1v) is 15.7. The van der Waals surface area contributed by atoms with Crippen molar-refractivity contribution in [2.45, 2.75) is 30.2 Å². The number of sulfonamides is 1. The van der Waals surface area contributed by atoms with Gasteiger partial charge in [0.1, 0.15) is 0 Å². The minimum absolute atomic E-state index is 0.125. The summed E-state index contributed by atoms with van der Waals surface area (Å²) in [5.41, 5.74) is 5.39. The van der Waals surface area contributed by atoms with Crippen LogP contribution >= 0.6 is 11.6 Å². The molecule has 216 valence electrons. The summed E-state index contributed by atoms with van der Waals surface area (Å²) in [6.07, 6.45) is 4.04. The SMILES string of the molecule is O=C(NO)c1ccc2ncccc2c1.O=S(=O)(NC1CCc2ccc3c(ccc4ccccc43)c2C1)c1ccc(Cl)cc1. The number of nitrogens with one attached hydrogen (secondary N) is 2. The topological polar surface area (TPSA) is 108 Å². The van der Waals surface area contributed by atoms with E-state index in [0.717, 1.165) is 23.7 Å². The van der Waals surface area contributed by atoms with Crippen molar-refractivity contribution in [1.29, 1.82) is 0 Å². The first-order valence-electron chi connectivity index (χ1n) is 13.8. The van der Waals surface area contributed by atoms with Gasteiger partial charge in [-0.1, -0.05) is 66.2 Å². The second kappa shape index (κ2) is 12.1. The number of rotatable bonds is 4. The number of benzene rings is 5. The average molecular weight is 610 g/mol. The van der Waals surface area contributed by atoms with E-state index in [0.29, 0.717) is 17.0 Å². The number of hydroxylamine groups is 1. The van der Waals surface area contributed by atoms with E-state index in [1.54, 1.807) is 60.2 Å². The van der Waals surface area contributed by atoms with Crippen molar-refractivity contribution in [2.24, 2.45) is 0 Å². The Labute approximate surface area is 254 Å². The lowest BCUT2D eigenvalue weighted by Gasteiger charge is -2.27. The molecule has 0 fully saturated rings. The number of amides is 1. The van der Waals surface area contributed by atoms with Gasteiger partial charge in [0, 0.05) is 28.2 Å². The van der Waals surface area contributed by atoms with Crippen molar-refractivity contribution in [3.05, 3.63) is 131 Å². The Bertz CT molecular complexity index is 2080. The fourth-order valence-corrected chi connectivity index (χ4v) is 7.03. The molecule has 6 aromatic rings. The number of carbonyl (C=O) groups excluding carboxylic acids is 1. The summed E-state index contributed by atoms with van der Waals surface area (Å²) in [7, 11) is -3.58. The minimum Gasteiger partial charge on any atom is -0.288 e. The number of nitrogens with zero attached hydrogens (tertiary/aromatic N) is 1. The highest BCUT2D eigenvalue weighted by atomic mass is 35.5. The lowest BCUT2D eigenvalue weighted by molar-refractivity contribution is 0.0706. The zero-order chi connectivity index (χ0) is 30.0. The van der Waals surface area contributed by atoms with Crippen LogP contribution in [0.4, 0.5) is 0 Å². The minimum atomic E-state index is -3.58. The maximum atomic E-state index is 12.8. The van der Waals surface area contributed by atoms with Gasteiger partial charge in [0.05, 0.1) is 10.4 Å². The number of halogens is 1. The standard InChI is InChI=1S/C24H20ClNO2S.C10H8N2O2/c25-18-8-11-20(12-9-18)29(27,28)26-19-10-5-17-7-13-22-21-4-2-1-3-16(21)6-14-23(22)24(17)15-19;13-10(12-14)8-3-4-9-7(6-8)2-1-5-11-9/h1-4,6-9,11-14,19,26H,5,10,15H2;1-6,14H,(H,12,13). The van der Waals surface area contributed by atoms with Gasteiger partial charge in [0.25, 0.3) is 5.91 Å². The zero-order valence-corrected chi connectivity index (χ0v) is 24.6. The Balaban J connectivity index is 0.000000197. The van der Waals surface area contributed by atoms with E-state index >= 15 is 0 Å². The molecule has 0 spiro atoms.